The van der Waals surface area contributed by atoms with E-state index >= 15 is 0 Å². The molecule has 206 valence electrons. The van der Waals surface area contributed by atoms with Crippen molar-refractivity contribution >= 4 is 43.6 Å². The number of aromatic nitrogens is 2. The van der Waals surface area contributed by atoms with E-state index in [1.807, 2.05) is 18.2 Å². The van der Waals surface area contributed by atoms with Crippen molar-refractivity contribution in [3.8, 4) is 33.6 Å². The second kappa shape index (κ2) is 9.86. The Labute approximate surface area is 272 Å². The van der Waals surface area contributed by atoms with Gasteiger partial charge in [0.25, 0.3) is 0 Å². The van der Waals surface area contributed by atoms with Crippen LogP contribution >= 0.6 is 0 Å². The van der Waals surface area contributed by atoms with Crippen molar-refractivity contribution < 1.29 is 16.4 Å². The van der Waals surface area contributed by atoms with Crippen LogP contribution in [0.2, 0.25) is 0 Å². The average molecular weight is 573 g/mol. The lowest BCUT2D eigenvalue weighted by molar-refractivity contribution is 1.17. The molecular weight excluding hydrogens is 532 g/mol. The number of nitrogens with zero attached hydrogens (tertiary/aromatic N) is 2. The minimum absolute atomic E-state index is 0.0405. The molecule has 0 bridgehead atoms. The smallest absolute Gasteiger partial charge is 0.0646 e. The van der Waals surface area contributed by atoms with Gasteiger partial charge in [0.2, 0.25) is 0 Å². The van der Waals surface area contributed by atoms with E-state index < -0.39 is 36.3 Å². The minimum atomic E-state index is -0.519. The van der Waals surface area contributed by atoms with Gasteiger partial charge in [-0.05, 0) is 70.7 Å². The Morgan fingerprint density at radius 2 is 0.864 bits per heavy atom. The molecule has 0 saturated carbocycles. The number of hydrogen-bond acceptors (Lipinski definition) is 0. The monoisotopic (exact) mass is 572 g/mol. The van der Waals surface area contributed by atoms with Gasteiger partial charge >= 0.3 is 0 Å². The molecule has 0 fully saturated rings. The third-order valence-electron chi connectivity index (χ3n) is 8.05. The topological polar surface area (TPSA) is 9.86 Å². The van der Waals surface area contributed by atoms with Gasteiger partial charge < -0.3 is 9.13 Å². The lowest BCUT2D eigenvalue weighted by Crippen LogP contribution is -1.95. The van der Waals surface area contributed by atoms with Crippen LogP contribution < -0.4 is 0 Å². The molecule has 2 aromatic heterocycles. The molecule has 0 unspecified atom stereocenters. The molecule has 2 nitrogen and oxygen atoms in total. The van der Waals surface area contributed by atoms with Gasteiger partial charge in [-0.2, -0.15) is 0 Å². The van der Waals surface area contributed by atoms with E-state index in [4.69, 9.17) is 8.22 Å². The van der Waals surface area contributed by atoms with Gasteiger partial charge in [0.05, 0.1) is 38.5 Å². The summed E-state index contributed by atoms with van der Waals surface area (Å²) in [4.78, 5) is 0. The lowest BCUT2D eigenvalue weighted by Gasteiger charge is -2.11. The Morgan fingerprint density at radius 3 is 1.43 bits per heavy atom. The summed E-state index contributed by atoms with van der Waals surface area (Å²) in [5, 5.41) is 0.385. The van der Waals surface area contributed by atoms with Crippen LogP contribution in [0.15, 0.2) is 170 Å². The number of hydrogen-bond donors (Lipinski definition) is 0. The van der Waals surface area contributed by atoms with Crippen LogP contribution in [0.5, 0.6) is 0 Å². The quantitative estimate of drug-likeness (QED) is 0.198. The third kappa shape index (κ3) is 3.75. The zero-order chi connectivity index (χ0) is 39.5. The average Bonchev–Trinajstić information content (AvgIpc) is 3.75. The van der Waals surface area contributed by atoms with Crippen LogP contribution in [0.1, 0.15) is 16.4 Å². The van der Waals surface area contributed by atoms with E-state index in [0.717, 1.165) is 16.7 Å². The number of para-hydroxylation sites is 2. The number of fused-ring (bicyclic) bond motifs is 7. The molecule has 9 rings (SSSR count). The molecule has 7 aromatic carbocycles. The fourth-order valence-corrected chi connectivity index (χ4v) is 6.15. The molecule has 0 aliphatic carbocycles. The van der Waals surface area contributed by atoms with Gasteiger partial charge in [-0.3, -0.25) is 0 Å². The molecule has 0 amide bonds. The number of benzene rings is 7. The molecule has 9 aromatic rings. The predicted octanol–water partition coefficient (Wildman–Crippen LogP) is 11.2. The SMILES string of the molecule is [2H]c1ccc(-c2cccc(-n3c4c([2H])c([2H])c([2H])c([2H])c4c4c5c6c([2H])c([2H])c([2H])c([2H])c6n(-c6cccc(-c7cccc([2H])c7)c6)c5c([2H])c([2H])c43)c2)cc1. The van der Waals surface area contributed by atoms with E-state index in [9.17, 15) is 8.22 Å². The summed E-state index contributed by atoms with van der Waals surface area (Å²) in [6.07, 6.45) is 0. The Balaban J connectivity index is 1.52. The summed E-state index contributed by atoms with van der Waals surface area (Å²) in [6, 6.07) is 24.6. The Kier molecular flexibility index (Phi) is 3.49. The third-order valence-corrected chi connectivity index (χ3v) is 8.05. The van der Waals surface area contributed by atoms with Crippen LogP contribution in [0.3, 0.4) is 0 Å². The van der Waals surface area contributed by atoms with Crippen LogP contribution in [-0.2, 0) is 0 Å². The largest absolute Gasteiger partial charge is 0.309 e. The summed E-state index contributed by atoms with van der Waals surface area (Å²) in [5.74, 6) is 0. The van der Waals surface area contributed by atoms with Gasteiger partial charge in [-0.25, -0.2) is 0 Å². The molecule has 2 heteroatoms. The summed E-state index contributed by atoms with van der Waals surface area (Å²) < 4.78 is 110. The zero-order valence-corrected chi connectivity index (χ0v) is 23.1. The highest BCUT2D eigenvalue weighted by atomic mass is 15.0. The summed E-state index contributed by atoms with van der Waals surface area (Å²) >= 11 is 0. The van der Waals surface area contributed by atoms with E-state index in [-0.39, 0.29) is 67.8 Å². The van der Waals surface area contributed by atoms with Crippen molar-refractivity contribution in [3.63, 3.8) is 0 Å². The number of rotatable bonds is 4. The van der Waals surface area contributed by atoms with Crippen molar-refractivity contribution in [2.24, 2.45) is 0 Å². The van der Waals surface area contributed by atoms with Gasteiger partial charge in [0, 0.05) is 32.9 Å². The van der Waals surface area contributed by atoms with Crippen molar-refractivity contribution in [1.82, 2.24) is 9.13 Å². The molecule has 0 aliphatic rings. The molecule has 2 heterocycles. The van der Waals surface area contributed by atoms with Gasteiger partial charge in [-0.15, -0.1) is 0 Å². The fourth-order valence-electron chi connectivity index (χ4n) is 6.15. The predicted molar refractivity (Wildman–Crippen MR) is 186 cm³/mol. The highest BCUT2D eigenvalue weighted by Gasteiger charge is 2.20. The highest BCUT2D eigenvalue weighted by Crippen LogP contribution is 2.42. The Bertz CT molecular complexity index is 3160. The first kappa shape index (κ1) is 15.6. The molecular formula is C42H28N2. The molecule has 0 atom stereocenters. The Morgan fingerprint density at radius 1 is 0.364 bits per heavy atom. The second-order valence-corrected chi connectivity index (χ2v) is 10.5. The molecule has 0 saturated heterocycles. The van der Waals surface area contributed by atoms with Gasteiger partial charge in [0.15, 0.2) is 0 Å². The van der Waals surface area contributed by atoms with E-state index in [0.29, 0.717) is 29.0 Å². The minimum Gasteiger partial charge on any atom is -0.309 e. The summed E-state index contributed by atoms with van der Waals surface area (Å²) in [5.41, 5.74) is 4.06. The zero-order valence-electron chi connectivity index (χ0n) is 35.1. The van der Waals surface area contributed by atoms with Crippen LogP contribution in [0.25, 0.3) is 77.2 Å². The second-order valence-electron chi connectivity index (χ2n) is 10.5. The van der Waals surface area contributed by atoms with E-state index in [1.54, 1.807) is 88.0 Å². The lowest BCUT2D eigenvalue weighted by atomic mass is 10.0. The van der Waals surface area contributed by atoms with Crippen molar-refractivity contribution in [3.05, 3.63) is 170 Å². The molecule has 0 N–H and O–H groups in total. The van der Waals surface area contributed by atoms with Gasteiger partial charge in [-0.1, -0.05) is 121 Å². The first-order valence-corrected chi connectivity index (χ1v) is 14.1. The first-order chi connectivity index (χ1) is 26.8. The standard InChI is InChI=1S/C42H28N2/c1-3-13-29(14-4-1)31-17-11-19-33(27-31)43-37-23-9-7-21-35(37)41-39(43)25-26-40-42(41)36-22-8-10-24-38(36)44(40)34-20-12-18-32(28-34)30-15-5-2-6-16-30/h1-28H/i1D,5D,7D,8D,9D,10D,21D,22D,23D,24D,25D,26D. The Hall–Kier alpha value is -5.86. The first-order valence-electron chi connectivity index (χ1n) is 20.1. The maximum Gasteiger partial charge on any atom is 0.0646 e. The fraction of sp³-hybridized carbons (Fsp3) is 0. The molecule has 0 spiro atoms. The highest BCUT2D eigenvalue weighted by molar-refractivity contribution is 6.28. The van der Waals surface area contributed by atoms with Crippen LogP contribution in [0, 0.1) is 0 Å². The maximum absolute atomic E-state index is 9.66. The summed E-state index contributed by atoms with van der Waals surface area (Å²) in [7, 11) is 0. The normalized spacial score (nSPS) is 15.5. The molecule has 0 radical (unpaired) electrons. The van der Waals surface area contributed by atoms with Crippen molar-refractivity contribution in [2.45, 2.75) is 0 Å². The summed E-state index contributed by atoms with van der Waals surface area (Å²) in [6.45, 7) is 0. The molecule has 0 aliphatic heterocycles. The van der Waals surface area contributed by atoms with Crippen molar-refractivity contribution in [1.29, 1.82) is 0 Å². The van der Waals surface area contributed by atoms with Gasteiger partial charge in [0.1, 0.15) is 0 Å². The van der Waals surface area contributed by atoms with Crippen LogP contribution in [-0.4, -0.2) is 9.13 Å². The molecule has 44 heavy (non-hydrogen) atoms. The van der Waals surface area contributed by atoms with Crippen molar-refractivity contribution in [2.75, 3.05) is 0 Å². The van der Waals surface area contributed by atoms with E-state index in [2.05, 4.69) is 0 Å². The van der Waals surface area contributed by atoms with E-state index in [1.165, 1.54) is 0 Å². The van der Waals surface area contributed by atoms with Crippen LogP contribution in [0.4, 0.5) is 0 Å². The maximum atomic E-state index is 9.66.